The smallest absolute Gasteiger partial charge is 0.290 e. The van der Waals surface area contributed by atoms with Crippen LogP contribution in [0.4, 0.5) is 5.95 Å². The number of anilines is 1. The van der Waals surface area contributed by atoms with E-state index in [9.17, 15) is 9.59 Å². The molecule has 1 atom stereocenters. The van der Waals surface area contributed by atoms with Crippen LogP contribution in [0.2, 0.25) is 0 Å². The van der Waals surface area contributed by atoms with E-state index in [0.29, 0.717) is 38.5 Å². The van der Waals surface area contributed by atoms with Gasteiger partial charge in [0.25, 0.3) is 12.4 Å². The molecule has 32 heavy (non-hydrogen) atoms. The monoisotopic (exact) mass is 444 g/mol. The van der Waals surface area contributed by atoms with Crippen molar-refractivity contribution in [2.24, 2.45) is 5.92 Å². The maximum absolute atomic E-state index is 12.9. The Labute approximate surface area is 187 Å². The van der Waals surface area contributed by atoms with E-state index in [0.717, 1.165) is 43.3 Å². The molecule has 0 saturated carbocycles. The van der Waals surface area contributed by atoms with E-state index in [2.05, 4.69) is 21.8 Å². The molecular formula is C23H32N4O5. The zero-order chi connectivity index (χ0) is 22.9. The third kappa shape index (κ3) is 5.64. The molecule has 0 spiro atoms. The molecule has 9 heteroatoms. The van der Waals surface area contributed by atoms with Crippen molar-refractivity contribution in [1.82, 2.24) is 14.5 Å². The summed E-state index contributed by atoms with van der Waals surface area (Å²) < 4.78 is 7.62. The topological polar surface area (TPSA) is 114 Å². The van der Waals surface area contributed by atoms with Crippen LogP contribution in [0.5, 0.6) is 0 Å². The van der Waals surface area contributed by atoms with Gasteiger partial charge in [-0.25, -0.2) is 4.98 Å². The van der Waals surface area contributed by atoms with Gasteiger partial charge in [-0.05, 0) is 44.2 Å². The lowest BCUT2D eigenvalue weighted by molar-refractivity contribution is -0.143. The number of ether oxygens (including phenoxy) is 1. The van der Waals surface area contributed by atoms with Gasteiger partial charge in [0.05, 0.1) is 11.0 Å². The van der Waals surface area contributed by atoms with E-state index in [1.54, 1.807) is 0 Å². The van der Waals surface area contributed by atoms with Crippen molar-refractivity contribution in [2.75, 3.05) is 25.0 Å². The molecule has 2 aliphatic rings. The van der Waals surface area contributed by atoms with Crippen molar-refractivity contribution >= 4 is 35.3 Å². The lowest BCUT2D eigenvalue weighted by Gasteiger charge is -2.32. The quantitative estimate of drug-likeness (QED) is 0.663. The SMILES string of the molecule is CCCCn1c(NC(=O)C2CCN(C(=O)C3CCCO3)CC2)nc2ccccc21.O=CO. The van der Waals surface area contributed by atoms with Gasteiger partial charge >= 0.3 is 0 Å². The molecule has 0 aliphatic carbocycles. The van der Waals surface area contributed by atoms with Crippen LogP contribution in [0.1, 0.15) is 45.4 Å². The van der Waals surface area contributed by atoms with Gasteiger partial charge in [-0.3, -0.25) is 19.7 Å². The summed E-state index contributed by atoms with van der Waals surface area (Å²) in [4.78, 5) is 40.3. The first kappa shape index (κ1) is 23.7. The Hall–Kier alpha value is -2.94. The van der Waals surface area contributed by atoms with Crippen LogP contribution in [0.15, 0.2) is 24.3 Å². The van der Waals surface area contributed by atoms with Gasteiger partial charge in [-0.15, -0.1) is 0 Å². The van der Waals surface area contributed by atoms with Crippen molar-refractivity contribution in [1.29, 1.82) is 0 Å². The molecule has 1 aromatic carbocycles. The van der Waals surface area contributed by atoms with Gasteiger partial charge in [-0.2, -0.15) is 0 Å². The number of likely N-dealkylation sites (tertiary alicyclic amines) is 1. The number of hydrogen-bond acceptors (Lipinski definition) is 5. The largest absolute Gasteiger partial charge is 0.483 e. The Kier molecular flexibility index (Phi) is 8.61. The number of benzene rings is 1. The molecule has 4 rings (SSSR count). The first-order valence-corrected chi connectivity index (χ1v) is 11.3. The van der Waals surface area contributed by atoms with Crippen LogP contribution in [0.25, 0.3) is 11.0 Å². The van der Waals surface area contributed by atoms with Gasteiger partial charge in [0, 0.05) is 32.2 Å². The summed E-state index contributed by atoms with van der Waals surface area (Å²) in [5.74, 6) is 0.621. The van der Waals surface area contributed by atoms with Crippen molar-refractivity contribution in [2.45, 2.75) is 58.1 Å². The highest BCUT2D eigenvalue weighted by Crippen LogP contribution is 2.24. The van der Waals surface area contributed by atoms with E-state index < -0.39 is 0 Å². The molecule has 9 nitrogen and oxygen atoms in total. The number of nitrogens with zero attached hydrogens (tertiary/aromatic N) is 3. The fourth-order valence-electron chi connectivity index (χ4n) is 4.26. The summed E-state index contributed by atoms with van der Waals surface area (Å²) >= 11 is 0. The number of imidazole rings is 1. The normalized spacial score (nSPS) is 18.8. The van der Waals surface area contributed by atoms with Gasteiger partial charge in [-0.1, -0.05) is 25.5 Å². The first-order valence-electron chi connectivity index (χ1n) is 11.3. The van der Waals surface area contributed by atoms with Gasteiger partial charge in [0.2, 0.25) is 11.9 Å². The number of para-hydroxylation sites is 2. The van der Waals surface area contributed by atoms with E-state index in [4.69, 9.17) is 14.6 Å². The lowest BCUT2D eigenvalue weighted by atomic mass is 9.95. The van der Waals surface area contributed by atoms with Crippen molar-refractivity contribution in [3.05, 3.63) is 24.3 Å². The minimum atomic E-state index is -0.279. The van der Waals surface area contributed by atoms with Crippen LogP contribution in [-0.4, -0.2) is 63.6 Å². The fourth-order valence-corrected chi connectivity index (χ4v) is 4.26. The van der Waals surface area contributed by atoms with Gasteiger partial charge < -0.3 is 19.3 Å². The second kappa shape index (κ2) is 11.6. The molecular weight excluding hydrogens is 412 g/mol. The Balaban J connectivity index is 0.000000913. The van der Waals surface area contributed by atoms with E-state index in [1.165, 1.54) is 0 Å². The third-order valence-corrected chi connectivity index (χ3v) is 6.01. The number of amides is 2. The molecule has 2 aliphatic heterocycles. The van der Waals surface area contributed by atoms with Crippen LogP contribution >= 0.6 is 0 Å². The van der Waals surface area contributed by atoms with Crippen LogP contribution in [0, 0.1) is 5.92 Å². The molecule has 2 amide bonds. The number of aromatic nitrogens is 2. The number of piperidine rings is 1. The van der Waals surface area contributed by atoms with Crippen LogP contribution in [-0.2, 0) is 25.7 Å². The second-order valence-corrected chi connectivity index (χ2v) is 8.13. The van der Waals surface area contributed by atoms with Crippen molar-refractivity contribution < 1.29 is 24.2 Å². The number of aryl methyl sites for hydroxylation is 1. The number of unbranched alkanes of at least 4 members (excludes halogenated alkanes) is 1. The summed E-state index contributed by atoms with van der Waals surface area (Å²) in [5, 5.41) is 9.95. The minimum Gasteiger partial charge on any atom is -0.483 e. The Morgan fingerprint density at radius 2 is 1.97 bits per heavy atom. The summed E-state index contributed by atoms with van der Waals surface area (Å²) in [6.07, 6.45) is 4.96. The Bertz CT molecular complexity index is 914. The molecule has 0 radical (unpaired) electrons. The number of carbonyl (C=O) groups is 3. The van der Waals surface area contributed by atoms with Crippen molar-refractivity contribution in [3.63, 3.8) is 0 Å². The molecule has 2 aromatic rings. The molecule has 2 fully saturated rings. The highest BCUT2D eigenvalue weighted by atomic mass is 16.5. The molecule has 1 aromatic heterocycles. The predicted octanol–water partition coefficient (Wildman–Crippen LogP) is 2.89. The number of hydrogen-bond donors (Lipinski definition) is 2. The second-order valence-electron chi connectivity index (χ2n) is 8.13. The lowest BCUT2D eigenvalue weighted by Crippen LogP contribution is -2.45. The summed E-state index contributed by atoms with van der Waals surface area (Å²) in [7, 11) is 0. The van der Waals surface area contributed by atoms with Gasteiger partial charge in [0.15, 0.2) is 0 Å². The van der Waals surface area contributed by atoms with Crippen molar-refractivity contribution in [3.8, 4) is 0 Å². The number of nitrogens with one attached hydrogen (secondary N) is 1. The van der Waals surface area contributed by atoms with Gasteiger partial charge in [0.1, 0.15) is 6.10 Å². The molecule has 174 valence electrons. The summed E-state index contributed by atoms with van der Waals surface area (Å²) in [6, 6.07) is 7.98. The van der Waals surface area contributed by atoms with E-state index in [1.807, 2.05) is 29.2 Å². The first-order chi connectivity index (χ1) is 15.6. The molecule has 2 N–H and O–H groups in total. The number of carbonyl (C=O) groups excluding carboxylic acids is 2. The number of carboxylic acid groups (broad SMARTS) is 1. The van der Waals surface area contributed by atoms with E-state index >= 15 is 0 Å². The minimum absolute atomic E-state index is 0.00210. The zero-order valence-electron chi connectivity index (χ0n) is 18.5. The highest BCUT2D eigenvalue weighted by molar-refractivity contribution is 5.93. The number of fused-ring (bicyclic) bond motifs is 1. The fraction of sp³-hybridized carbons (Fsp3) is 0.565. The maximum Gasteiger partial charge on any atom is 0.290 e. The summed E-state index contributed by atoms with van der Waals surface area (Å²) in [6.45, 7) is 4.64. The maximum atomic E-state index is 12.9. The third-order valence-electron chi connectivity index (χ3n) is 6.01. The highest BCUT2D eigenvalue weighted by Gasteiger charge is 2.33. The molecule has 2 saturated heterocycles. The zero-order valence-corrected chi connectivity index (χ0v) is 18.5. The standard InChI is InChI=1S/C22H30N4O3.CH2O2/c1-2-3-12-26-18-8-5-4-7-17(18)23-22(26)24-20(27)16-10-13-25(14-11-16)21(28)19-9-6-15-29-19;2-1-3/h4-5,7-8,16,19H,2-3,6,9-15H2,1H3,(H,23,24,27);1H,(H,2,3). The van der Waals surface area contributed by atoms with E-state index in [-0.39, 0.29) is 30.3 Å². The number of rotatable bonds is 6. The average Bonchev–Trinajstić information content (AvgIpc) is 3.46. The van der Waals surface area contributed by atoms with Crippen LogP contribution < -0.4 is 5.32 Å². The molecule has 3 heterocycles. The predicted molar refractivity (Wildman–Crippen MR) is 120 cm³/mol. The molecule has 0 bridgehead atoms. The average molecular weight is 445 g/mol. The molecule has 1 unspecified atom stereocenters. The Morgan fingerprint density at radius 3 is 2.62 bits per heavy atom. The van der Waals surface area contributed by atoms with Crippen LogP contribution in [0.3, 0.4) is 0 Å². The summed E-state index contributed by atoms with van der Waals surface area (Å²) in [5.41, 5.74) is 1.95. The Morgan fingerprint density at radius 1 is 1.25 bits per heavy atom.